The van der Waals surface area contributed by atoms with Gasteiger partial charge < -0.3 is 19.5 Å². The van der Waals surface area contributed by atoms with E-state index in [2.05, 4.69) is 0 Å². The number of Topliss-reactive ketones (excluding diaryl/α,β-unsaturated/α-hetero) is 1. The van der Waals surface area contributed by atoms with Gasteiger partial charge in [-0.1, -0.05) is 29.8 Å². The van der Waals surface area contributed by atoms with Crippen LogP contribution in [0.2, 0.25) is 0 Å². The molecule has 2 aromatic carbocycles. The Bertz CT molecular complexity index is 978. The molecule has 6 nitrogen and oxygen atoms in total. The van der Waals surface area contributed by atoms with Gasteiger partial charge in [0.2, 0.25) is 0 Å². The fraction of sp³-hybridized carbons (Fsp3) is 0.333. The van der Waals surface area contributed by atoms with Crippen molar-refractivity contribution in [3.05, 3.63) is 70.3 Å². The molecule has 1 aliphatic heterocycles. The number of methoxy groups -OCH3 is 2. The number of carbonyl (C=O) groups is 2. The lowest BCUT2D eigenvalue weighted by Crippen LogP contribution is -2.31. The van der Waals surface area contributed by atoms with Crippen molar-refractivity contribution in [2.24, 2.45) is 0 Å². The van der Waals surface area contributed by atoms with E-state index >= 15 is 0 Å². The summed E-state index contributed by atoms with van der Waals surface area (Å²) < 4.78 is 10.3. The second-order valence-electron chi connectivity index (χ2n) is 7.43. The van der Waals surface area contributed by atoms with Crippen molar-refractivity contribution in [1.29, 1.82) is 0 Å². The highest BCUT2D eigenvalue weighted by Crippen LogP contribution is 2.40. The smallest absolute Gasteiger partial charge is 0.295 e. The minimum absolute atomic E-state index is 0.106. The fourth-order valence-electron chi connectivity index (χ4n) is 3.76. The second kappa shape index (κ2) is 9.13. The van der Waals surface area contributed by atoms with E-state index in [0.29, 0.717) is 30.9 Å². The molecule has 1 aliphatic rings. The predicted octanol–water partition coefficient (Wildman–Crippen LogP) is 3.77. The van der Waals surface area contributed by atoms with Crippen LogP contribution in [0, 0.1) is 13.8 Å². The van der Waals surface area contributed by atoms with Gasteiger partial charge in [0.1, 0.15) is 11.5 Å². The third kappa shape index (κ3) is 4.09. The molecule has 3 rings (SSSR count). The molecule has 158 valence electrons. The molecule has 0 saturated carbocycles. The number of benzene rings is 2. The summed E-state index contributed by atoms with van der Waals surface area (Å²) in [6, 6.07) is 12.2. The van der Waals surface area contributed by atoms with Crippen LogP contribution in [-0.2, 0) is 14.3 Å². The summed E-state index contributed by atoms with van der Waals surface area (Å²) in [5.74, 6) is -0.803. The first kappa shape index (κ1) is 21.6. The van der Waals surface area contributed by atoms with Crippen molar-refractivity contribution in [2.75, 3.05) is 27.4 Å². The average molecular weight is 409 g/mol. The molecule has 1 amide bonds. The van der Waals surface area contributed by atoms with Crippen LogP contribution in [-0.4, -0.2) is 49.1 Å². The number of ether oxygens (including phenoxy) is 2. The Balaban J connectivity index is 2.13. The third-order valence-electron chi connectivity index (χ3n) is 5.37. The summed E-state index contributed by atoms with van der Waals surface area (Å²) in [7, 11) is 3.16. The van der Waals surface area contributed by atoms with Gasteiger partial charge in [-0.3, -0.25) is 9.59 Å². The molecule has 30 heavy (non-hydrogen) atoms. The highest BCUT2D eigenvalue weighted by Gasteiger charge is 2.45. The highest BCUT2D eigenvalue weighted by molar-refractivity contribution is 6.46. The number of aryl methyl sites for hydroxylation is 2. The van der Waals surface area contributed by atoms with Crippen LogP contribution in [0.25, 0.3) is 5.76 Å². The molecule has 1 unspecified atom stereocenters. The van der Waals surface area contributed by atoms with E-state index in [1.165, 1.54) is 4.90 Å². The van der Waals surface area contributed by atoms with Gasteiger partial charge in [-0.15, -0.1) is 0 Å². The van der Waals surface area contributed by atoms with Crippen molar-refractivity contribution in [2.45, 2.75) is 26.3 Å². The van der Waals surface area contributed by atoms with Gasteiger partial charge in [-0.05, 0) is 49.6 Å². The maximum atomic E-state index is 13.0. The molecule has 0 radical (unpaired) electrons. The van der Waals surface area contributed by atoms with Gasteiger partial charge in [0.15, 0.2) is 0 Å². The summed E-state index contributed by atoms with van der Waals surface area (Å²) in [4.78, 5) is 27.4. The molecule has 1 fully saturated rings. The maximum Gasteiger partial charge on any atom is 0.295 e. The normalized spacial score (nSPS) is 18.1. The maximum absolute atomic E-state index is 13.0. The van der Waals surface area contributed by atoms with Crippen molar-refractivity contribution in [3.8, 4) is 5.75 Å². The van der Waals surface area contributed by atoms with E-state index in [4.69, 9.17) is 9.47 Å². The first-order valence-electron chi connectivity index (χ1n) is 9.88. The summed E-state index contributed by atoms with van der Waals surface area (Å²) in [6.45, 7) is 4.63. The molecular weight excluding hydrogens is 382 g/mol. The Hall–Kier alpha value is -3.12. The number of hydrogen-bond donors (Lipinski definition) is 1. The quantitative estimate of drug-likeness (QED) is 0.326. The van der Waals surface area contributed by atoms with E-state index in [1.807, 2.05) is 38.1 Å². The van der Waals surface area contributed by atoms with Crippen molar-refractivity contribution in [3.63, 3.8) is 0 Å². The number of ketones is 1. The number of nitrogens with zero attached hydrogens (tertiary/aromatic N) is 1. The lowest BCUT2D eigenvalue weighted by atomic mass is 9.93. The van der Waals surface area contributed by atoms with Gasteiger partial charge in [0.25, 0.3) is 11.7 Å². The predicted molar refractivity (Wildman–Crippen MR) is 114 cm³/mol. The van der Waals surface area contributed by atoms with Gasteiger partial charge in [0, 0.05) is 25.8 Å². The Labute approximate surface area is 176 Å². The molecule has 1 N–H and O–H groups in total. The van der Waals surface area contributed by atoms with E-state index in [1.54, 1.807) is 32.4 Å². The number of likely N-dealkylation sites (tertiary alicyclic amines) is 1. The van der Waals surface area contributed by atoms with E-state index in [9.17, 15) is 14.7 Å². The van der Waals surface area contributed by atoms with Crippen LogP contribution in [0.5, 0.6) is 5.75 Å². The lowest BCUT2D eigenvalue weighted by Gasteiger charge is -2.25. The molecule has 1 heterocycles. The zero-order chi connectivity index (χ0) is 21.8. The van der Waals surface area contributed by atoms with Crippen LogP contribution >= 0.6 is 0 Å². The summed E-state index contributed by atoms with van der Waals surface area (Å²) in [6.07, 6.45) is 0.591. The standard InChI is InChI=1S/C24H27NO5/c1-15-6-8-17(9-7-15)21-20(23(27)24(28)25(21)12-5-13-29-3)22(26)19-11-10-18(30-4)14-16(19)2/h6-11,14,21,26H,5,12-13H2,1-4H3/b22-20-. The van der Waals surface area contributed by atoms with Crippen LogP contribution in [0.4, 0.5) is 0 Å². The second-order valence-corrected chi connectivity index (χ2v) is 7.43. The third-order valence-corrected chi connectivity index (χ3v) is 5.37. The van der Waals surface area contributed by atoms with E-state index < -0.39 is 17.7 Å². The lowest BCUT2D eigenvalue weighted by molar-refractivity contribution is -0.140. The van der Waals surface area contributed by atoms with Gasteiger partial charge in [-0.2, -0.15) is 0 Å². The molecule has 1 saturated heterocycles. The van der Waals surface area contributed by atoms with Gasteiger partial charge in [-0.25, -0.2) is 0 Å². The Kier molecular flexibility index (Phi) is 6.57. The van der Waals surface area contributed by atoms with Crippen LogP contribution in [0.3, 0.4) is 0 Å². The van der Waals surface area contributed by atoms with E-state index in [0.717, 1.165) is 16.7 Å². The monoisotopic (exact) mass is 409 g/mol. The van der Waals surface area contributed by atoms with Crippen LogP contribution < -0.4 is 4.74 Å². The zero-order valence-electron chi connectivity index (χ0n) is 17.8. The number of rotatable bonds is 7. The van der Waals surface area contributed by atoms with Crippen molar-refractivity contribution >= 4 is 17.4 Å². The molecule has 2 aromatic rings. The number of aliphatic hydroxyl groups is 1. The topological polar surface area (TPSA) is 76.1 Å². The highest BCUT2D eigenvalue weighted by atomic mass is 16.5. The SMILES string of the molecule is COCCCN1C(=O)C(=O)/C(=C(\O)c2ccc(OC)cc2C)C1c1ccc(C)cc1. The number of carbonyl (C=O) groups excluding carboxylic acids is 2. The van der Waals surface area contributed by atoms with Crippen molar-refractivity contribution in [1.82, 2.24) is 4.90 Å². The minimum atomic E-state index is -0.675. The van der Waals surface area contributed by atoms with Gasteiger partial charge >= 0.3 is 0 Å². The summed E-state index contributed by atoms with van der Waals surface area (Å²) in [5, 5.41) is 11.1. The molecule has 6 heteroatoms. The van der Waals surface area contributed by atoms with Crippen molar-refractivity contribution < 1.29 is 24.2 Å². The Morgan fingerprint density at radius 3 is 2.37 bits per heavy atom. The summed E-state index contributed by atoms with van der Waals surface area (Å²) >= 11 is 0. The number of aliphatic hydroxyl groups excluding tert-OH is 1. The van der Waals surface area contributed by atoms with Crippen LogP contribution in [0.1, 0.15) is 34.7 Å². The molecule has 0 spiro atoms. The Morgan fingerprint density at radius 1 is 1.07 bits per heavy atom. The summed E-state index contributed by atoms with van der Waals surface area (Å²) in [5.41, 5.74) is 3.21. The molecular formula is C24H27NO5. The number of hydrogen-bond acceptors (Lipinski definition) is 5. The Morgan fingerprint density at radius 2 is 1.77 bits per heavy atom. The molecule has 0 bridgehead atoms. The molecule has 1 atom stereocenters. The average Bonchev–Trinajstić information content (AvgIpc) is 2.99. The van der Waals surface area contributed by atoms with E-state index in [-0.39, 0.29) is 11.3 Å². The first-order valence-corrected chi connectivity index (χ1v) is 9.88. The zero-order valence-corrected chi connectivity index (χ0v) is 17.8. The van der Waals surface area contributed by atoms with Crippen LogP contribution in [0.15, 0.2) is 48.0 Å². The fourth-order valence-corrected chi connectivity index (χ4v) is 3.76. The largest absolute Gasteiger partial charge is 0.507 e. The molecule has 0 aromatic heterocycles. The van der Waals surface area contributed by atoms with Gasteiger partial charge in [0.05, 0.1) is 18.7 Å². The number of amides is 1. The minimum Gasteiger partial charge on any atom is -0.507 e. The molecule has 0 aliphatic carbocycles. The first-order chi connectivity index (χ1) is 14.4.